The van der Waals surface area contributed by atoms with Crippen molar-refractivity contribution >= 4 is 5.52 Å². The van der Waals surface area contributed by atoms with E-state index in [0.717, 1.165) is 23.4 Å². The van der Waals surface area contributed by atoms with Crippen molar-refractivity contribution in [3.63, 3.8) is 0 Å². The molecule has 0 aromatic carbocycles. The molecule has 1 N–H and O–H groups in total. The number of aromatic nitrogens is 7. The van der Waals surface area contributed by atoms with E-state index in [2.05, 4.69) is 20.2 Å². The monoisotopic (exact) mass is 323 g/mol. The van der Waals surface area contributed by atoms with Crippen LogP contribution in [-0.4, -0.2) is 39.0 Å². The molecule has 0 saturated heterocycles. The Labute approximate surface area is 138 Å². The first-order valence-electron chi connectivity index (χ1n) is 7.69. The average Bonchev–Trinajstić information content (AvgIpc) is 3.26. The van der Waals surface area contributed by atoms with E-state index in [0.29, 0.717) is 17.2 Å². The van der Waals surface area contributed by atoms with E-state index in [4.69, 9.17) is 0 Å². The highest BCUT2D eigenvalue weighted by Gasteiger charge is 2.18. The molecule has 0 bridgehead atoms. The van der Waals surface area contributed by atoms with Crippen LogP contribution < -0.4 is 0 Å². The third-order valence-corrected chi connectivity index (χ3v) is 4.13. The van der Waals surface area contributed by atoms with Crippen molar-refractivity contribution in [3.8, 4) is 28.8 Å². The SMILES string of the molecule is CCn1ccc(-c2cn3nc(-c4nccn4C)nc(O)c3c2C)n1. The highest BCUT2D eigenvalue weighted by atomic mass is 16.3. The zero-order valence-electron chi connectivity index (χ0n) is 13.7. The van der Waals surface area contributed by atoms with Gasteiger partial charge in [-0.1, -0.05) is 0 Å². The van der Waals surface area contributed by atoms with Gasteiger partial charge in [-0.25, -0.2) is 9.50 Å². The van der Waals surface area contributed by atoms with Gasteiger partial charge in [-0.2, -0.15) is 10.1 Å². The number of hydrogen-bond acceptors (Lipinski definition) is 5. The van der Waals surface area contributed by atoms with Crippen LogP contribution in [0.2, 0.25) is 0 Å². The summed E-state index contributed by atoms with van der Waals surface area (Å²) in [5, 5.41) is 19.4. The molecule has 122 valence electrons. The van der Waals surface area contributed by atoms with Crippen molar-refractivity contribution in [2.75, 3.05) is 0 Å². The van der Waals surface area contributed by atoms with Crippen molar-refractivity contribution in [2.24, 2.45) is 7.05 Å². The molecule has 0 aliphatic carbocycles. The zero-order valence-corrected chi connectivity index (χ0v) is 13.7. The lowest BCUT2D eigenvalue weighted by atomic mass is 10.1. The van der Waals surface area contributed by atoms with Crippen LogP contribution in [-0.2, 0) is 13.6 Å². The van der Waals surface area contributed by atoms with Crippen LogP contribution in [0.5, 0.6) is 5.88 Å². The molecule has 24 heavy (non-hydrogen) atoms. The lowest BCUT2D eigenvalue weighted by Gasteiger charge is -2.03. The molecule has 4 heterocycles. The molecule has 0 unspecified atom stereocenters. The minimum absolute atomic E-state index is 0.0679. The molecule has 0 saturated carbocycles. The van der Waals surface area contributed by atoms with Gasteiger partial charge < -0.3 is 9.67 Å². The van der Waals surface area contributed by atoms with Gasteiger partial charge in [0, 0.05) is 43.9 Å². The fraction of sp³-hybridized carbons (Fsp3) is 0.250. The molecule has 4 aromatic rings. The van der Waals surface area contributed by atoms with Crippen LogP contribution in [0.1, 0.15) is 12.5 Å². The number of hydrogen-bond donors (Lipinski definition) is 1. The maximum Gasteiger partial charge on any atom is 0.240 e. The molecular formula is C16H17N7O. The number of rotatable bonds is 3. The summed E-state index contributed by atoms with van der Waals surface area (Å²) in [6.07, 6.45) is 7.27. The van der Waals surface area contributed by atoms with Crippen LogP contribution in [0.4, 0.5) is 0 Å². The maximum absolute atomic E-state index is 10.4. The molecule has 8 nitrogen and oxygen atoms in total. The molecular weight excluding hydrogens is 306 g/mol. The summed E-state index contributed by atoms with van der Waals surface area (Å²) in [7, 11) is 1.86. The summed E-state index contributed by atoms with van der Waals surface area (Å²) in [4.78, 5) is 8.44. The lowest BCUT2D eigenvalue weighted by Crippen LogP contribution is -2.01. The van der Waals surface area contributed by atoms with Gasteiger partial charge in [0.1, 0.15) is 5.52 Å². The summed E-state index contributed by atoms with van der Waals surface area (Å²) in [6, 6.07) is 1.95. The minimum atomic E-state index is -0.0679. The van der Waals surface area contributed by atoms with Gasteiger partial charge in [0.05, 0.1) is 5.69 Å². The van der Waals surface area contributed by atoms with Crippen LogP contribution >= 0.6 is 0 Å². The Balaban J connectivity index is 1.91. The molecule has 0 atom stereocenters. The summed E-state index contributed by atoms with van der Waals surface area (Å²) in [5.74, 6) is 0.894. The molecule has 8 heteroatoms. The third kappa shape index (κ3) is 2.07. The topological polar surface area (TPSA) is 86.1 Å². The van der Waals surface area contributed by atoms with Gasteiger partial charge in [-0.15, -0.1) is 5.10 Å². The highest BCUT2D eigenvalue weighted by Crippen LogP contribution is 2.31. The van der Waals surface area contributed by atoms with Crippen LogP contribution in [0.25, 0.3) is 28.4 Å². The second kappa shape index (κ2) is 5.19. The Morgan fingerprint density at radius 2 is 2.04 bits per heavy atom. The van der Waals surface area contributed by atoms with E-state index >= 15 is 0 Å². The number of aromatic hydroxyl groups is 1. The van der Waals surface area contributed by atoms with Crippen molar-refractivity contribution in [1.82, 2.24) is 33.9 Å². The number of aryl methyl sites for hydroxylation is 3. The highest BCUT2D eigenvalue weighted by molar-refractivity contribution is 5.77. The number of fused-ring (bicyclic) bond motifs is 1. The Kier molecular flexibility index (Phi) is 3.12. The van der Waals surface area contributed by atoms with Crippen LogP contribution in [0.15, 0.2) is 30.9 Å². The predicted octanol–water partition coefficient (Wildman–Crippen LogP) is 2.03. The smallest absolute Gasteiger partial charge is 0.240 e. The van der Waals surface area contributed by atoms with Crippen molar-refractivity contribution in [2.45, 2.75) is 20.4 Å². The van der Waals surface area contributed by atoms with E-state index in [1.54, 1.807) is 15.3 Å². The summed E-state index contributed by atoms with van der Waals surface area (Å²) in [6.45, 7) is 4.77. The first-order chi connectivity index (χ1) is 11.6. The Morgan fingerprint density at radius 1 is 1.21 bits per heavy atom. The quantitative estimate of drug-likeness (QED) is 0.623. The van der Waals surface area contributed by atoms with Gasteiger partial charge in [0.15, 0.2) is 5.82 Å². The van der Waals surface area contributed by atoms with E-state index in [1.807, 2.05) is 50.2 Å². The molecule has 0 fully saturated rings. The summed E-state index contributed by atoms with van der Waals surface area (Å²) in [5.41, 5.74) is 3.23. The first-order valence-corrected chi connectivity index (χ1v) is 7.69. The lowest BCUT2D eigenvalue weighted by molar-refractivity contribution is 0.454. The average molecular weight is 323 g/mol. The largest absolute Gasteiger partial charge is 0.492 e. The molecule has 0 aliphatic heterocycles. The van der Waals surface area contributed by atoms with Gasteiger partial charge in [-0.3, -0.25) is 4.68 Å². The molecule has 4 rings (SSSR count). The Bertz CT molecular complexity index is 1040. The third-order valence-electron chi connectivity index (χ3n) is 4.13. The molecule has 4 aromatic heterocycles. The molecule has 0 aliphatic rings. The van der Waals surface area contributed by atoms with Crippen molar-refractivity contribution in [1.29, 1.82) is 0 Å². The second-order valence-electron chi connectivity index (χ2n) is 5.64. The second-order valence-corrected chi connectivity index (χ2v) is 5.64. The standard InChI is InChI=1S/C16H17N7O/c1-4-22-7-5-12(19-22)11-9-23-13(10(11)2)16(24)18-14(20-23)15-17-6-8-21(15)3/h5-9H,4H2,1-3H3,(H,18,20,24). The summed E-state index contributed by atoms with van der Waals surface area (Å²) >= 11 is 0. The van der Waals surface area contributed by atoms with Crippen LogP contribution in [0.3, 0.4) is 0 Å². The van der Waals surface area contributed by atoms with Crippen molar-refractivity contribution < 1.29 is 5.11 Å². The fourth-order valence-corrected chi connectivity index (χ4v) is 2.83. The molecule has 0 amide bonds. The van der Waals surface area contributed by atoms with Gasteiger partial charge in [0.25, 0.3) is 0 Å². The molecule has 0 spiro atoms. The van der Waals surface area contributed by atoms with Gasteiger partial charge >= 0.3 is 0 Å². The maximum atomic E-state index is 10.4. The Morgan fingerprint density at radius 3 is 2.71 bits per heavy atom. The van der Waals surface area contributed by atoms with Crippen molar-refractivity contribution in [3.05, 3.63) is 36.4 Å². The van der Waals surface area contributed by atoms with E-state index in [1.165, 1.54) is 0 Å². The van der Waals surface area contributed by atoms with Gasteiger partial charge in [0.2, 0.25) is 11.7 Å². The Hall–Kier alpha value is -3.16. The summed E-state index contributed by atoms with van der Waals surface area (Å²) < 4.78 is 5.31. The fourth-order valence-electron chi connectivity index (χ4n) is 2.83. The molecule has 0 radical (unpaired) electrons. The van der Waals surface area contributed by atoms with E-state index in [-0.39, 0.29) is 5.88 Å². The number of nitrogens with zero attached hydrogens (tertiary/aromatic N) is 7. The normalized spacial score (nSPS) is 11.5. The van der Waals surface area contributed by atoms with E-state index in [9.17, 15) is 5.11 Å². The zero-order chi connectivity index (χ0) is 16.8. The predicted molar refractivity (Wildman–Crippen MR) is 88.5 cm³/mol. The van der Waals surface area contributed by atoms with E-state index < -0.39 is 0 Å². The van der Waals surface area contributed by atoms with Crippen LogP contribution in [0, 0.1) is 6.92 Å². The minimum Gasteiger partial charge on any atom is -0.492 e. The van der Waals surface area contributed by atoms with Gasteiger partial charge in [-0.05, 0) is 25.5 Å². The first kappa shape index (κ1) is 14.4. The number of imidazole rings is 1.